The molecule has 0 fully saturated rings. The highest BCUT2D eigenvalue weighted by Gasteiger charge is 2.34. The number of aromatic nitrogens is 2. The quantitative estimate of drug-likeness (QED) is 0.692. The molecule has 0 saturated carbocycles. The molecule has 0 unspecified atom stereocenters. The fraction of sp³-hybridized carbons (Fsp3) is 0.312. The van der Waals surface area contributed by atoms with Crippen LogP contribution in [-0.4, -0.2) is 29.3 Å². The summed E-state index contributed by atoms with van der Waals surface area (Å²) in [5.41, 5.74) is -1.00. The first-order valence-electron chi connectivity index (χ1n) is 7.34. The van der Waals surface area contributed by atoms with Crippen LogP contribution in [0.2, 0.25) is 5.02 Å². The van der Waals surface area contributed by atoms with Gasteiger partial charge in [0.2, 0.25) is 5.95 Å². The molecule has 1 aromatic carbocycles. The topological polar surface area (TPSA) is 55.3 Å². The zero-order valence-electron chi connectivity index (χ0n) is 13.3. The van der Waals surface area contributed by atoms with E-state index in [0.29, 0.717) is 12.5 Å². The lowest BCUT2D eigenvalue weighted by atomic mass is 10.1. The van der Waals surface area contributed by atoms with Crippen molar-refractivity contribution in [2.45, 2.75) is 19.7 Å². The summed E-state index contributed by atoms with van der Waals surface area (Å²) < 4.78 is 44.4. The Morgan fingerprint density at radius 3 is 2.52 bits per heavy atom. The Kier molecular flexibility index (Phi) is 6.19. The number of hydrogen-bond donors (Lipinski definition) is 0. The van der Waals surface area contributed by atoms with Gasteiger partial charge in [-0.05, 0) is 19.1 Å². The summed E-state index contributed by atoms with van der Waals surface area (Å²) in [5, 5.41) is -0.0319. The molecular formula is C16H15ClF3N3O2. The number of ether oxygens (including phenoxy) is 1. The van der Waals surface area contributed by atoms with E-state index >= 15 is 0 Å². The van der Waals surface area contributed by atoms with Crippen LogP contribution >= 0.6 is 11.6 Å². The van der Waals surface area contributed by atoms with Gasteiger partial charge in [0.15, 0.2) is 5.75 Å². The predicted molar refractivity (Wildman–Crippen MR) is 86.8 cm³/mol. The first-order chi connectivity index (χ1) is 11.9. The van der Waals surface area contributed by atoms with Gasteiger partial charge in [-0.1, -0.05) is 17.7 Å². The van der Waals surface area contributed by atoms with Crippen LogP contribution in [-0.2, 0) is 17.6 Å². The van der Waals surface area contributed by atoms with Crippen LogP contribution in [0.25, 0.3) is 0 Å². The van der Waals surface area contributed by atoms with E-state index in [1.54, 1.807) is 4.90 Å². The monoisotopic (exact) mass is 373 g/mol. The largest absolute Gasteiger partial charge is 0.486 e. The standard InChI is InChI=1S/C16H15ClF3N3O2/c1-2-23(6-7-24)15-21-8-11(9-22-15)25-10-12-13(16(18,19)20)4-3-5-14(12)17/h3-5,7-9H,2,6,10H2,1H3. The van der Waals surface area contributed by atoms with Gasteiger partial charge in [-0.3, -0.25) is 0 Å². The Labute approximate surface area is 147 Å². The van der Waals surface area contributed by atoms with Crippen LogP contribution in [0.5, 0.6) is 5.75 Å². The molecule has 2 rings (SSSR count). The fourth-order valence-electron chi connectivity index (χ4n) is 2.12. The average molecular weight is 374 g/mol. The van der Waals surface area contributed by atoms with Crippen molar-refractivity contribution in [3.05, 3.63) is 46.7 Å². The molecule has 0 aliphatic rings. The van der Waals surface area contributed by atoms with Crippen LogP contribution in [0.3, 0.4) is 0 Å². The minimum atomic E-state index is -4.53. The maximum Gasteiger partial charge on any atom is 0.416 e. The van der Waals surface area contributed by atoms with Crippen LogP contribution < -0.4 is 9.64 Å². The molecule has 0 atom stereocenters. The number of benzene rings is 1. The molecule has 0 N–H and O–H groups in total. The fourth-order valence-corrected chi connectivity index (χ4v) is 2.34. The van der Waals surface area contributed by atoms with E-state index in [4.69, 9.17) is 16.3 Å². The average Bonchev–Trinajstić information content (AvgIpc) is 2.58. The molecule has 0 saturated heterocycles. The van der Waals surface area contributed by atoms with Crippen molar-refractivity contribution in [3.63, 3.8) is 0 Å². The molecule has 0 amide bonds. The van der Waals surface area contributed by atoms with Gasteiger partial charge >= 0.3 is 6.18 Å². The molecule has 1 heterocycles. The molecular weight excluding hydrogens is 359 g/mol. The van der Waals surface area contributed by atoms with Crippen molar-refractivity contribution in [1.29, 1.82) is 0 Å². The summed E-state index contributed by atoms with van der Waals surface area (Å²) in [5.74, 6) is 0.523. The smallest absolute Gasteiger partial charge is 0.416 e. The van der Waals surface area contributed by atoms with Gasteiger partial charge in [0, 0.05) is 17.1 Å². The number of rotatable bonds is 7. The second-order valence-corrected chi connectivity index (χ2v) is 5.38. The van der Waals surface area contributed by atoms with E-state index in [1.807, 2.05) is 6.92 Å². The number of halogens is 4. The summed E-state index contributed by atoms with van der Waals surface area (Å²) in [6.45, 7) is 2.15. The maximum absolute atomic E-state index is 13.0. The number of nitrogens with zero attached hydrogens (tertiary/aromatic N) is 3. The lowest BCUT2D eigenvalue weighted by Gasteiger charge is -2.18. The normalized spacial score (nSPS) is 11.2. The molecule has 25 heavy (non-hydrogen) atoms. The maximum atomic E-state index is 13.0. The molecule has 1 aromatic heterocycles. The summed E-state index contributed by atoms with van der Waals surface area (Å²) >= 11 is 5.87. The van der Waals surface area contributed by atoms with Gasteiger partial charge in [0.1, 0.15) is 12.9 Å². The second kappa shape index (κ2) is 8.15. The van der Waals surface area contributed by atoms with Crippen molar-refractivity contribution < 1.29 is 22.7 Å². The van der Waals surface area contributed by atoms with E-state index < -0.39 is 11.7 Å². The lowest BCUT2D eigenvalue weighted by Crippen LogP contribution is -2.26. The summed E-state index contributed by atoms with van der Waals surface area (Å²) in [4.78, 5) is 20.3. The van der Waals surface area contributed by atoms with Crippen molar-refractivity contribution in [1.82, 2.24) is 9.97 Å². The number of carbonyl (C=O) groups is 1. The Hall–Kier alpha value is -2.35. The molecule has 0 aliphatic carbocycles. The summed E-state index contributed by atoms with van der Waals surface area (Å²) in [7, 11) is 0. The van der Waals surface area contributed by atoms with Gasteiger partial charge in [-0.15, -0.1) is 0 Å². The molecule has 0 aliphatic heterocycles. The lowest BCUT2D eigenvalue weighted by molar-refractivity contribution is -0.138. The minimum Gasteiger partial charge on any atom is -0.486 e. The molecule has 2 aromatic rings. The summed E-state index contributed by atoms with van der Waals surface area (Å²) in [6.07, 6.45) is -1.13. The third-order valence-corrected chi connectivity index (χ3v) is 3.74. The number of hydrogen-bond acceptors (Lipinski definition) is 5. The van der Waals surface area contributed by atoms with Crippen LogP contribution in [0, 0.1) is 0 Å². The SMILES string of the molecule is CCN(CC=O)c1ncc(OCc2c(Cl)cccc2C(F)(F)F)cn1. The first kappa shape index (κ1) is 19.0. The highest BCUT2D eigenvalue weighted by Crippen LogP contribution is 2.35. The van der Waals surface area contributed by atoms with E-state index in [1.165, 1.54) is 24.5 Å². The van der Waals surface area contributed by atoms with E-state index in [2.05, 4.69) is 9.97 Å². The van der Waals surface area contributed by atoms with Gasteiger partial charge < -0.3 is 14.4 Å². The Morgan fingerprint density at radius 2 is 1.96 bits per heavy atom. The molecule has 0 spiro atoms. The van der Waals surface area contributed by atoms with Crippen molar-refractivity contribution in [2.75, 3.05) is 18.0 Å². The number of aldehydes is 1. The molecule has 134 valence electrons. The number of alkyl halides is 3. The van der Waals surface area contributed by atoms with Gasteiger partial charge in [-0.25, -0.2) is 9.97 Å². The first-order valence-corrected chi connectivity index (χ1v) is 7.72. The zero-order chi connectivity index (χ0) is 18.4. The number of carbonyl (C=O) groups excluding carboxylic acids is 1. The highest BCUT2D eigenvalue weighted by atomic mass is 35.5. The molecule has 0 bridgehead atoms. The minimum absolute atomic E-state index is 0.0319. The number of anilines is 1. The van der Waals surface area contributed by atoms with E-state index in [0.717, 1.165) is 12.4 Å². The Bertz CT molecular complexity index is 724. The highest BCUT2D eigenvalue weighted by molar-refractivity contribution is 6.31. The molecule has 0 radical (unpaired) electrons. The van der Waals surface area contributed by atoms with Gasteiger partial charge in [0.05, 0.1) is 24.5 Å². The predicted octanol–water partition coefficient (Wildman–Crippen LogP) is 3.75. The van der Waals surface area contributed by atoms with Crippen LogP contribution in [0.4, 0.5) is 19.1 Å². The second-order valence-electron chi connectivity index (χ2n) is 4.98. The van der Waals surface area contributed by atoms with Crippen LogP contribution in [0.15, 0.2) is 30.6 Å². The Balaban J connectivity index is 2.14. The molecule has 9 heteroatoms. The van der Waals surface area contributed by atoms with Crippen molar-refractivity contribution >= 4 is 23.8 Å². The number of likely N-dealkylation sites (N-methyl/N-ethyl adjacent to an activating group) is 1. The van der Waals surface area contributed by atoms with Crippen molar-refractivity contribution in [2.24, 2.45) is 0 Å². The third-order valence-electron chi connectivity index (χ3n) is 3.38. The Morgan fingerprint density at radius 1 is 1.28 bits per heavy atom. The van der Waals surface area contributed by atoms with Gasteiger partial charge in [-0.2, -0.15) is 13.2 Å². The summed E-state index contributed by atoms with van der Waals surface area (Å²) in [6, 6.07) is 3.55. The third kappa shape index (κ3) is 4.82. The van der Waals surface area contributed by atoms with Crippen molar-refractivity contribution in [3.8, 4) is 5.75 Å². The van der Waals surface area contributed by atoms with E-state index in [-0.39, 0.29) is 29.5 Å². The van der Waals surface area contributed by atoms with E-state index in [9.17, 15) is 18.0 Å². The van der Waals surface area contributed by atoms with Gasteiger partial charge in [0.25, 0.3) is 0 Å². The molecule has 5 nitrogen and oxygen atoms in total. The zero-order valence-corrected chi connectivity index (χ0v) is 14.0. The van der Waals surface area contributed by atoms with Crippen LogP contribution in [0.1, 0.15) is 18.1 Å².